The number of aromatic nitrogens is 2. The van der Waals surface area contributed by atoms with E-state index in [9.17, 15) is 0 Å². The molecule has 0 spiro atoms. The quantitative estimate of drug-likeness (QED) is 0.237. The third-order valence-electron chi connectivity index (χ3n) is 7.26. The molecule has 7 rings (SSSR count). The van der Waals surface area contributed by atoms with E-state index >= 15 is 0 Å². The Morgan fingerprint density at radius 3 is 2.39 bits per heavy atom. The van der Waals surface area contributed by atoms with Gasteiger partial charge in [-0.1, -0.05) is 66.2 Å². The van der Waals surface area contributed by atoms with E-state index in [2.05, 4.69) is 28.4 Å². The van der Waals surface area contributed by atoms with Gasteiger partial charge in [-0.25, -0.2) is 14.7 Å². The molecule has 2 aliphatic heterocycles. The van der Waals surface area contributed by atoms with Gasteiger partial charge in [0, 0.05) is 10.6 Å². The van der Waals surface area contributed by atoms with Gasteiger partial charge in [-0.2, -0.15) is 5.10 Å². The molecule has 1 atom stereocenters. The van der Waals surface area contributed by atoms with Crippen molar-refractivity contribution in [2.24, 2.45) is 9.98 Å². The molecule has 0 radical (unpaired) electrons. The molecular weight excluding hydrogens is 532 g/mol. The second-order valence-corrected chi connectivity index (χ2v) is 10.3. The summed E-state index contributed by atoms with van der Waals surface area (Å²) in [6.45, 7) is 4.57. The van der Waals surface area contributed by atoms with Crippen molar-refractivity contribution in [1.82, 2.24) is 9.78 Å². The third kappa shape index (κ3) is 4.35. The molecule has 0 bridgehead atoms. The minimum Gasteiger partial charge on any atom is -0.492 e. The Morgan fingerprint density at radius 2 is 1.59 bits per heavy atom. The highest BCUT2D eigenvalue weighted by atomic mass is 35.5. The van der Waals surface area contributed by atoms with Crippen molar-refractivity contribution in [3.8, 4) is 11.4 Å². The number of halogens is 1. The molecular formula is C33H27ClN6O. The lowest BCUT2D eigenvalue weighted by Crippen LogP contribution is -2.46. The zero-order chi connectivity index (χ0) is 27.9. The van der Waals surface area contributed by atoms with Crippen LogP contribution in [0.2, 0.25) is 5.02 Å². The Hall–Kier alpha value is -4.88. The van der Waals surface area contributed by atoms with Crippen molar-refractivity contribution in [3.63, 3.8) is 0 Å². The number of hydrogen-bond acceptors (Lipinski definition) is 6. The molecule has 1 aromatic heterocycles. The number of para-hydroxylation sites is 5. The second kappa shape index (κ2) is 10.3. The van der Waals surface area contributed by atoms with Crippen LogP contribution < -0.4 is 15.0 Å². The number of anilines is 2. The van der Waals surface area contributed by atoms with Crippen molar-refractivity contribution in [2.75, 3.05) is 16.8 Å². The van der Waals surface area contributed by atoms with Crippen LogP contribution in [0.5, 0.6) is 5.75 Å². The van der Waals surface area contributed by atoms with E-state index in [4.69, 9.17) is 31.4 Å². The van der Waals surface area contributed by atoms with Gasteiger partial charge >= 0.3 is 0 Å². The summed E-state index contributed by atoms with van der Waals surface area (Å²) in [6.07, 6.45) is 0. The minimum atomic E-state index is -0.220. The molecule has 4 aromatic carbocycles. The highest BCUT2D eigenvalue weighted by Crippen LogP contribution is 2.48. The third-order valence-corrected chi connectivity index (χ3v) is 7.52. The van der Waals surface area contributed by atoms with Gasteiger partial charge in [0.1, 0.15) is 5.75 Å². The highest BCUT2D eigenvalue weighted by Gasteiger charge is 2.41. The largest absolute Gasteiger partial charge is 0.492 e. The van der Waals surface area contributed by atoms with Gasteiger partial charge in [0.05, 0.1) is 41.1 Å². The molecule has 0 amide bonds. The predicted octanol–water partition coefficient (Wildman–Crippen LogP) is 8.03. The Morgan fingerprint density at radius 1 is 0.854 bits per heavy atom. The van der Waals surface area contributed by atoms with Crippen LogP contribution in [-0.2, 0) is 0 Å². The molecule has 0 saturated heterocycles. The average molecular weight is 559 g/mol. The van der Waals surface area contributed by atoms with E-state index in [1.165, 1.54) is 0 Å². The van der Waals surface area contributed by atoms with Gasteiger partial charge in [-0.15, -0.1) is 0 Å². The molecule has 1 N–H and O–H groups in total. The van der Waals surface area contributed by atoms with Crippen LogP contribution in [0, 0.1) is 6.92 Å². The lowest BCUT2D eigenvalue weighted by Gasteiger charge is -2.40. The summed E-state index contributed by atoms with van der Waals surface area (Å²) in [5, 5.41) is 9.23. The van der Waals surface area contributed by atoms with Gasteiger partial charge in [0.2, 0.25) is 0 Å². The molecule has 0 fully saturated rings. The SMILES string of the molecule is CCOc1ccccc1NC1=Nc2ccccc2N2C1=Nc1c(c(C)nn1-c1ccccc1)[C@H]2c1ccc(Cl)cc1. The number of aryl methyl sites for hydroxylation is 1. The molecule has 41 heavy (non-hydrogen) atoms. The number of nitrogens with one attached hydrogen (secondary N) is 1. The average Bonchev–Trinajstić information content (AvgIpc) is 3.34. The van der Waals surface area contributed by atoms with E-state index < -0.39 is 0 Å². The monoisotopic (exact) mass is 558 g/mol. The zero-order valence-corrected chi connectivity index (χ0v) is 23.4. The standard InChI is InChI=1S/C33H27ClN6O/c1-3-41-28-16-10-8-14-26(28)36-31-33-37-32-29(21(2)38-40(32)24-11-5-4-6-12-24)30(22-17-19-23(34)20-18-22)39(33)27-15-9-7-13-25(27)35-31/h4-20,30H,3H2,1-2H3,(H,35,36)/t30-/m1/s1. The maximum atomic E-state index is 6.34. The smallest absolute Gasteiger partial charge is 0.179 e. The number of benzene rings is 4. The van der Waals surface area contributed by atoms with Crippen molar-refractivity contribution < 1.29 is 4.74 Å². The summed E-state index contributed by atoms with van der Waals surface area (Å²) in [5.74, 6) is 2.84. The van der Waals surface area contributed by atoms with Crippen molar-refractivity contribution in [1.29, 1.82) is 0 Å². The molecule has 3 heterocycles. The van der Waals surface area contributed by atoms with Gasteiger partial charge in [-0.3, -0.25) is 0 Å². The van der Waals surface area contributed by atoms with Crippen molar-refractivity contribution in [3.05, 3.63) is 125 Å². The van der Waals surface area contributed by atoms with Gasteiger partial charge in [0.15, 0.2) is 17.5 Å². The summed E-state index contributed by atoms with van der Waals surface area (Å²) in [5.41, 5.74) is 6.58. The topological polar surface area (TPSA) is 67.0 Å². The number of rotatable bonds is 5. The van der Waals surface area contributed by atoms with Crippen LogP contribution in [0.15, 0.2) is 113 Å². The van der Waals surface area contributed by atoms with Gasteiger partial charge < -0.3 is 15.0 Å². The Bertz CT molecular complexity index is 1810. The van der Waals surface area contributed by atoms with Crippen LogP contribution in [-0.4, -0.2) is 28.1 Å². The molecule has 0 unspecified atom stereocenters. The zero-order valence-electron chi connectivity index (χ0n) is 22.6. The first-order valence-corrected chi connectivity index (χ1v) is 14.0. The number of aliphatic imine (C=N–C) groups is 2. The van der Waals surface area contributed by atoms with E-state index in [1.807, 2.05) is 103 Å². The fraction of sp³-hybridized carbons (Fsp3) is 0.121. The van der Waals surface area contributed by atoms with Crippen LogP contribution in [0.25, 0.3) is 5.69 Å². The van der Waals surface area contributed by atoms with Crippen LogP contribution in [0.3, 0.4) is 0 Å². The number of nitrogens with zero attached hydrogens (tertiary/aromatic N) is 5. The maximum Gasteiger partial charge on any atom is 0.179 e. The number of fused-ring (bicyclic) bond motifs is 4. The predicted molar refractivity (Wildman–Crippen MR) is 166 cm³/mol. The fourth-order valence-corrected chi connectivity index (χ4v) is 5.61. The van der Waals surface area contributed by atoms with Crippen molar-refractivity contribution >= 4 is 46.2 Å². The Balaban J connectivity index is 1.48. The van der Waals surface area contributed by atoms with Crippen molar-refractivity contribution in [2.45, 2.75) is 19.9 Å². The first-order chi connectivity index (χ1) is 20.1. The first kappa shape index (κ1) is 25.1. The summed E-state index contributed by atoms with van der Waals surface area (Å²) in [4.78, 5) is 12.6. The molecule has 2 aliphatic rings. The first-order valence-electron chi connectivity index (χ1n) is 13.6. The molecule has 7 nitrogen and oxygen atoms in total. The van der Waals surface area contributed by atoms with Gasteiger partial charge in [0.25, 0.3) is 0 Å². The van der Waals surface area contributed by atoms with Crippen LogP contribution in [0.1, 0.15) is 29.8 Å². The van der Waals surface area contributed by atoms with Crippen LogP contribution in [0.4, 0.5) is 22.9 Å². The lowest BCUT2D eigenvalue weighted by molar-refractivity contribution is 0.342. The minimum absolute atomic E-state index is 0.220. The summed E-state index contributed by atoms with van der Waals surface area (Å²) < 4.78 is 7.85. The van der Waals surface area contributed by atoms with Crippen LogP contribution >= 0.6 is 11.6 Å². The summed E-state index contributed by atoms with van der Waals surface area (Å²) in [6, 6.07) is 33.9. The van der Waals surface area contributed by atoms with Gasteiger partial charge in [-0.05, 0) is 67.9 Å². The summed E-state index contributed by atoms with van der Waals surface area (Å²) >= 11 is 6.34. The number of ether oxygens (including phenoxy) is 1. The number of hydrogen-bond donors (Lipinski definition) is 1. The molecule has 0 saturated carbocycles. The van der Waals surface area contributed by atoms with E-state index in [0.29, 0.717) is 23.3 Å². The summed E-state index contributed by atoms with van der Waals surface area (Å²) in [7, 11) is 0. The fourth-order valence-electron chi connectivity index (χ4n) is 5.49. The lowest BCUT2D eigenvalue weighted by atomic mass is 9.93. The molecule has 0 aliphatic carbocycles. The molecule has 8 heteroatoms. The van der Waals surface area contributed by atoms with E-state index in [-0.39, 0.29) is 6.04 Å². The number of amidine groups is 2. The Kier molecular flexibility index (Phi) is 6.29. The van der Waals surface area contributed by atoms with E-state index in [0.717, 1.165) is 51.1 Å². The normalized spacial score (nSPS) is 15.3. The molecule has 5 aromatic rings. The second-order valence-electron chi connectivity index (χ2n) is 9.83. The molecule has 202 valence electrons. The highest BCUT2D eigenvalue weighted by molar-refractivity contribution is 6.51. The Labute approximate surface area is 243 Å². The van der Waals surface area contributed by atoms with E-state index in [1.54, 1.807) is 0 Å². The maximum absolute atomic E-state index is 6.34.